The lowest BCUT2D eigenvalue weighted by Gasteiger charge is -2.08. The zero-order chi connectivity index (χ0) is 20.1. The first kappa shape index (κ1) is 20.1. The van der Waals surface area contributed by atoms with Crippen LogP contribution in [0.5, 0.6) is 11.5 Å². The van der Waals surface area contributed by atoms with Gasteiger partial charge in [0.25, 0.3) is 5.91 Å². The Morgan fingerprint density at radius 3 is 2.50 bits per heavy atom. The second-order valence-electron chi connectivity index (χ2n) is 5.72. The Morgan fingerprint density at radius 2 is 1.89 bits per heavy atom. The number of thiazole rings is 1. The average molecular weight is 413 g/mol. The van der Waals surface area contributed by atoms with E-state index in [1.165, 1.54) is 11.3 Å². The van der Waals surface area contributed by atoms with E-state index in [2.05, 4.69) is 17.8 Å². The van der Waals surface area contributed by atoms with Crippen molar-refractivity contribution in [2.45, 2.75) is 18.4 Å². The van der Waals surface area contributed by atoms with Crippen LogP contribution >= 0.6 is 23.1 Å². The van der Waals surface area contributed by atoms with Gasteiger partial charge in [0.05, 0.1) is 31.0 Å². The molecule has 0 fully saturated rings. The number of carbonyl (C=O) groups excluding carboxylic acids is 1. The SMILES string of the molecule is C#CCn1c(=NC(=O)c2ccc(SCC)cc2)sc2cc(OC)c(OC)cc21. The molecule has 0 spiro atoms. The van der Waals surface area contributed by atoms with Crippen LogP contribution in [0.2, 0.25) is 0 Å². The minimum Gasteiger partial charge on any atom is -0.493 e. The fourth-order valence-electron chi connectivity index (χ4n) is 2.74. The summed E-state index contributed by atoms with van der Waals surface area (Å²) < 4.78 is 13.5. The van der Waals surface area contributed by atoms with Crippen molar-refractivity contribution in [2.24, 2.45) is 4.99 Å². The first-order valence-electron chi connectivity index (χ1n) is 8.62. The number of aromatic nitrogens is 1. The molecule has 1 amide bonds. The Balaban J connectivity index is 2.08. The third kappa shape index (κ3) is 4.08. The number of rotatable bonds is 6. The Morgan fingerprint density at radius 1 is 1.21 bits per heavy atom. The van der Waals surface area contributed by atoms with Crippen LogP contribution in [-0.4, -0.2) is 30.4 Å². The molecule has 7 heteroatoms. The lowest BCUT2D eigenvalue weighted by atomic mass is 10.2. The Labute approximate surface area is 172 Å². The Bertz CT molecular complexity index is 1110. The largest absolute Gasteiger partial charge is 0.493 e. The van der Waals surface area contributed by atoms with Crippen molar-refractivity contribution >= 4 is 39.2 Å². The summed E-state index contributed by atoms with van der Waals surface area (Å²) in [6.45, 7) is 2.39. The molecule has 0 atom stereocenters. The fourth-order valence-corrected chi connectivity index (χ4v) is 4.44. The minimum atomic E-state index is -0.302. The number of thioether (sulfide) groups is 1. The van der Waals surface area contributed by atoms with E-state index in [9.17, 15) is 4.79 Å². The van der Waals surface area contributed by atoms with Gasteiger partial charge in [-0.05, 0) is 30.0 Å². The highest BCUT2D eigenvalue weighted by Crippen LogP contribution is 2.33. The van der Waals surface area contributed by atoms with Crippen LogP contribution < -0.4 is 14.3 Å². The van der Waals surface area contributed by atoms with Crippen molar-refractivity contribution in [3.8, 4) is 23.8 Å². The number of hydrogen-bond donors (Lipinski definition) is 0. The van der Waals surface area contributed by atoms with Gasteiger partial charge < -0.3 is 14.0 Å². The lowest BCUT2D eigenvalue weighted by Crippen LogP contribution is -2.16. The molecule has 0 saturated heterocycles. The highest BCUT2D eigenvalue weighted by molar-refractivity contribution is 7.99. The van der Waals surface area contributed by atoms with Gasteiger partial charge in [0, 0.05) is 22.6 Å². The monoisotopic (exact) mass is 412 g/mol. The van der Waals surface area contributed by atoms with E-state index < -0.39 is 0 Å². The highest BCUT2D eigenvalue weighted by Gasteiger charge is 2.13. The number of benzene rings is 2. The van der Waals surface area contributed by atoms with E-state index >= 15 is 0 Å². The molecule has 28 heavy (non-hydrogen) atoms. The molecular weight excluding hydrogens is 392 g/mol. The van der Waals surface area contributed by atoms with Gasteiger partial charge in [-0.25, -0.2) is 0 Å². The van der Waals surface area contributed by atoms with Crippen LogP contribution in [-0.2, 0) is 6.54 Å². The molecule has 0 aliphatic carbocycles. The maximum Gasteiger partial charge on any atom is 0.279 e. The Hall–Kier alpha value is -2.69. The maximum absolute atomic E-state index is 12.7. The molecule has 0 unspecified atom stereocenters. The van der Waals surface area contributed by atoms with E-state index in [-0.39, 0.29) is 5.91 Å². The van der Waals surface area contributed by atoms with Crippen molar-refractivity contribution in [1.29, 1.82) is 0 Å². The quantitative estimate of drug-likeness (QED) is 0.450. The van der Waals surface area contributed by atoms with Gasteiger partial charge in [-0.3, -0.25) is 4.79 Å². The second-order valence-corrected chi connectivity index (χ2v) is 8.07. The number of amides is 1. The summed E-state index contributed by atoms with van der Waals surface area (Å²) in [5, 5.41) is 0. The topological polar surface area (TPSA) is 52.8 Å². The summed E-state index contributed by atoms with van der Waals surface area (Å²) in [5.41, 5.74) is 1.39. The number of carbonyl (C=O) groups is 1. The number of terminal acetylenes is 1. The molecule has 0 radical (unpaired) electrons. The maximum atomic E-state index is 12.7. The zero-order valence-electron chi connectivity index (χ0n) is 15.9. The van der Waals surface area contributed by atoms with Crippen LogP contribution in [0.3, 0.4) is 0 Å². The Kier molecular flexibility index (Phi) is 6.45. The van der Waals surface area contributed by atoms with E-state index in [1.807, 2.05) is 28.8 Å². The van der Waals surface area contributed by atoms with Crippen LogP contribution in [0.25, 0.3) is 10.2 Å². The van der Waals surface area contributed by atoms with Gasteiger partial charge in [-0.2, -0.15) is 4.99 Å². The molecule has 0 bridgehead atoms. The second kappa shape index (κ2) is 9.00. The number of nitrogens with zero attached hydrogens (tertiary/aromatic N) is 2. The van der Waals surface area contributed by atoms with E-state index in [4.69, 9.17) is 15.9 Å². The molecule has 3 rings (SSSR count). The predicted molar refractivity (Wildman–Crippen MR) is 114 cm³/mol. The summed E-state index contributed by atoms with van der Waals surface area (Å²) in [4.78, 5) is 18.7. The van der Waals surface area contributed by atoms with Gasteiger partial charge in [0.1, 0.15) is 0 Å². The van der Waals surface area contributed by atoms with E-state index in [1.54, 1.807) is 38.1 Å². The van der Waals surface area contributed by atoms with Crippen molar-refractivity contribution in [1.82, 2.24) is 4.57 Å². The standard InChI is InChI=1S/C21H20N2O3S2/c1-5-11-23-16-12-17(25-3)18(26-4)13-19(16)28-21(23)22-20(24)14-7-9-15(10-8-14)27-6-2/h1,7-10,12-13H,6,11H2,2-4H3. The minimum absolute atomic E-state index is 0.299. The molecular formula is C21H20N2O3S2. The summed E-state index contributed by atoms with van der Waals surface area (Å²) >= 11 is 3.12. The molecule has 1 aromatic heterocycles. The summed E-state index contributed by atoms with van der Waals surface area (Å²) in [5.74, 6) is 4.52. The number of hydrogen-bond acceptors (Lipinski definition) is 5. The summed E-state index contributed by atoms with van der Waals surface area (Å²) in [6, 6.07) is 11.2. The molecule has 0 aliphatic rings. The summed E-state index contributed by atoms with van der Waals surface area (Å²) in [7, 11) is 3.17. The first-order chi connectivity index (χ1) is 13.6. The third-order valence-corrected chi connectivity index (χ3v) is 5.98. The van der Waals surface area contributed by atoms with E-state index in [0.717, 1.165) is 20.9 Å². The molecule has 5 nitrogen and oxygen atoms in total. The van der Waals surface area contributed by atoms with Crippen LogP contribution in [0.15, 0.2) is 46.3 Å². The molecule has 0 N–H and O–H groups in total. The third-order valence-electron chi connectivity index (χ3n) is 4.05. The van der Waals surface area contributed by atoms with Crippen LogP contribution in [0, 0.1) is 12.3 Å². The number of methoxy groups -OCH3 is 2. The van der Waals surface area contributed by atoms with Crippen molar-refractivity contribution in [2.75, 3.05) is 20.0 Å². The molecule has 1 heterocycles. The molecule has 2 aromatic carbocycles. The molecule has 0 aliphatic heterocycles. The van der Waals surface area contributed by atoms with Gasteiger partial charge in [-0.15, -0.1) is 18.2 Å². The first-order valence-corrected chi connectivity index (χ1v) is 10.4. The normalized spacial score (nSPS) is 11.4. The molecule has 3 aromatic rings. The zero-order valence-corrected chi connectivity index (χ0v) is 17.5. The van der Waals surface area contributed by atoms with Gasteiger partial charge in [0.15, 0.2) is 16.3 Å². The lowest BCUT2D eigenvalue weighted by molar-refractivity contribution is 0.0998. The van der Waals surface area contributed by atoms with Crippen molar-refractivity contribution < 1.29 is 14.3 Å². The van der Waals surface area contributed by atoms with E-state index in [0.29, 0.717) is 28.4 Å². The van der Waals surface area contributed by atoms with Crippen LogP contribution in [0.1, 0.15) is 17.3 Å². The van der Waals surface area contributed by atoms with Crippen molar-refractivity contribution in [3.63, 3.8) is 0 Å². The van der Waals surface area contributed by atoms with Crippen molar-refractivity contribution in [3.05, 3.63) is 46.8 Å². The average Bonchev–Trinajstić information content (AvgIpc) is 3.04. The smallest absolute Gasteiger partial charge is 0.279 e. The van der Waals surface area contributed by atoms with Crippen LogP contribution in [0.4, 0.5) is 0 Å². The number of ether oxygens (including phenoxy) is 2. The fraction of sp³-hybridized carbons (Fsp3) is 0.238. The summed E-state index contributed by atoms with van der Waals surface area (Å²) in [6.07, 6.45) is 5.54. The van der Waals surface area contributed by atoms with Gasteiger partial charge in [0.2, 0.25) is 0 Å². The number of fused-ring (bicyclic) bond motifs is 1. The van der Waals surface area contributed by atoms with Gasteiger partial charge in [-0.1, -0.05) is 24.2 Å². The predicted octanol–water partition coefficient (Wildman–Crippen LogP) is 4.21. The molecule has 144 valence electrons. The molecule has 0 saturated carbocycles. The highest BCUT2D eigenvalue weighted by atomic mass is 32.2. The van der Waals surface area contributed by atoms with Gasteiger partial charge >= 0.3 is 0 Å².